The average molecular weight is 1010 g/mol. The summed E-state index contributed by atoms with van der Waals surface area (Å²) in [5.41, 5.74) is 0. The van der Waals surface area contributed by atoms with Crippen LogP contribution in [0.4, 0.5) is 0 Å². The summed E-state index contributed by atoms with van der Waals surface area (Å²) >= 11 is 0. The Bertz CT molecular complexity index is 1580. The predicted octanol–water partition coefficient (Wildman–Crippen LogP) is 20.2. The van der Waals surface area contributed by atoms with Crippen molar-refractivity contribution in [2.75, 3.05) is 13.2 Å². The fourth-order valence-corrected chi connectivity index (χ4v) is 7.83. The van der Waals surface area contributed by atoms with Crippen molar-refractivity contribution >= 4 is 17.9 Å². The summed E-state index contributed by atoms with van der Waals surface area (Å²) in [6.45, 7) is 6.41. The van der Waals surface area contributed by atoms with E-state index in [9.17, 15) is 14.4 Å². The first-order valence-electron chi connectivity index (χ1n) is 29.8. The van der Waals surface area contributed by atoms with E-state index < -0.39 is 6.10 Å². The summed E-state index contributed by atoms with van der Waals surface area (Å²) in [6, 6.07) is 0. The molecule has 0 spiro atoms. The van der Waals surface area contributed by atoms with Gasteiger partial charge in [-0.2, -0.15) is 0 Å². The quantitative estimate of drug-likeness (QED) is 0.0199. The Balaban J connectivity index is 4.52. The number of carbonyl (C=O) groups is 3. The van der Waals surface area contributed by atoms with Gasteiger partial charge in [0.25, 0.3) is 0 Å². The van der Waals surface area contributed by atoms with Crippen LogP contribution in [-0.2, 0) is 28.6 Å². The van der Waals surface area contributed by atoms with Crippen molar-refractivity contribution in [3.63, 3.8) is 0 Å². The Kier molecular flexibility index (Phi) is 56.4. The minimum Gasteiger partial charge on any atom is -0.462 e. The van der Waals surface area contributed by atoms with E-state index in [2.05, 4.69) is 154 Å². The number of hydrogen-bond acceptors (Lipinski definition) is 6. The minimum atomic E-state index is -0.809. The smallest absolute Gasteiger partial charge is 0.306 e. The van der Waals surface area contributed by atoms with E-state index >= 15 is 0 Å². The van der Waals surface area contributed by atoms with Crippen LogP contribution in [0.15, 0.2) is 134 Å². The molecule has 0 aliphatic heterocycles. The van der Waals surface area contributed by atoms with Gasteiger partial charge >= 0.3 is 17.9 Å². The van der Waals surface area contributed by atoms with Gasteiger partial charge in [-0.1, -0.05) is 264 Å². The van der Waals surface area contributed by atoms with E-state index in [0.29, 0.717) is 19.3 Å². The minimum absolute atomic E-state index is 0.103. The van der Waals surface area contributed by atoms with Crippen LogP contribution in [-0.4, -0.2) is 37.2 Å². The Morgan fingerprint density at radius 1 is 0.301 bits per heavy atom. The molecule has 6 nitrogen and oxygen atoms in total. The van der Waals surface area contributed by atoms with E-state index in [-0.39, 0.29) is 31.1 Å². The monoisotopic (exact) mass is 1010 g/mol. The highest BCUT2D eigenvalue weighted by atomic mass is 16.6. The van der Waals surface area contributed by atoms with Gasteiger partial charge in [-0.05, 0) is 103 Å². The van der Waals surface area contributed by atoms with Crippen molar-refractivity contribution in [2.45, 2.75) is 258 Å². The lowest BCUT2D eigenvalue weighted by atomic mass is 10.1. The number of rotatable bonds is 52. The van der Waals surface area contributed by atoms with E-state index in [1.807, 2.05) is 0 Å². The molecule has 0 saturated carbocycles. The highest BCUT2D eigenvalue weighted by Crippen LogP contribution is 2.14. The molecule has 0 aromatic heterocycles. The Hall–Kier alpha value is -4.45. The number of hydrogen-bond donors (Lipinski definition) is 0. The molecule has 0 N–H and O–H groups in total. The zero-order valence-corrected chi connectivity index (χ0v) is 47.1. The lowest BCUT2D eigenvalue weighted by molar-refractivity contribution is -0.167. The first-order chi connectivity index (χ1) is 36.0. The molecular formula is C67H108O6. The number of esters is 3. The molecule has 0 aliphatic carbocycles. The third-order valence-corrected chi connectivity index (χ3v) is 12.3. The van der Waals surface area contributed by atoms with Crippen molar-refractivity contribution in [1.29, 1.82) is 0 Å². The molecule has 0 fully saturated rings. The van der Waals surface area contributed by atoms with Gasteiger partial charge in [0.1, 0.15) is 13.2 Å². The van der Waals surface area contributed by atoms with Crippen molar-refractivity contribution < 1.29 is 28.6 Å². The molecule has 1 unspecified atom stereocenters. The number of unbranched alkanes of at least 4 members (excludes halogenated alkanes) is 25. The summed E-state index contributed by atoms with van der Waals surface area (Å²) in [6.07, 6.45) is 84.3. The Labute approximate surface area is 449 Å². The normalized spacial score (nSPS) is 13.1. The maximum Gasteiger partial charge on any atom is 0.306 e. The standard InChI is InChI=1S/C67H108O6/c1-4-7-10-13-16-19-22-25-28-31-34-37-39-42-45-48-51-54-57-60-66(69)72-63-64(73-67(70)61-58-55-52-49-46-43-40-36-33-30-27-24-21-18-15-12-9-6-3)62-71-65(68)59-56-53-50-47-44-41-38-35-32-29-26-23-20-17-14-11-8-5-2/h7,10,16-21,23-30,32-33,35-36,38,40,64H,4-6,8-9,11-15,22,31,34,37,39,41-63H2,1-3H3/b10-7-,19-16-,20-17-,21-18-,26-23-,27-24-,28-25-,32-29-,33-30-,38-35-,40-36-. The predicted molar refractivity (Wildman–Crippen MR) is 316 cm³/mol. The number of carbonyl (C=O) groups excluding carboxylic acids is 3. The highest BCUT2D eigenvalue weighted by Gasteiger charge is 2.19. The number of allylic oxidation sites excluding steroid dienone is 22. The summed E-state index contributed by atoms with van der Waals surface area (Å²) in [5, 5.41) is 0. The van der Waals surface area contributed by atoms with Gasteiger partial charge < -0.3 is 14.2 Å². The van der Waals surface area contributed by atoms with Crippen LogP contribution < -0.4 is 0 Å². The second kappa shape index (κ2) is 60.1. The van der Waals surface area contributed by atoms with Gasteiger partial charge in [0.05, 0.1) is 0 Å². The highest BCUT2D eigenvalue weighted by molar-refractivity contribution is 5.71. The van der Waals surface area contributed by atoms with Crippen LogP contribution >= 0.6 is 0 Å². The molecular weight excluding hydrogens is 901 g/mol. The van der Waals surface area contributed by atoms with Gasteiger partial charge in [-0.3, -0.25) is 14.4 Å². The average Bonchev–Trinajstić information content (AvgIpc) is 3.39. The van der Waals surface area contributed by atoms with E-state index in [0.717, 1.165) is 135 Å². The molecule has 0 amide bonds. The third-order valence-electron chi connectivity index (χ3n) is 12.3. The third kappa shape index (κ3) is 58.3. The Morgan fingerprint density at radius 2 is 0.589 bits per heavy atom. The van der Waals surface area contributed by atoms with Crippen molar-refractivity contribution in [3.05, 3.63) is 134 Å². The molecule has 412 valence electrons. The van der Waals surface area contributed by atoms with E-state index in [1.165, 1.54) is 77.0 Å². The first-order valence-corrected chi connectivity index (χ1v) is 29.8. The SMILES string of the molecule is CC/C=C\C/C=C\C/C=C\CCCCCCCCCCCC(=O)OCC(COC(=O)CCCCCCC\C=C/C=C\C=C/C=C\CCCCC)OC(=O)CCCCCCC\C=C/C=C\C=C/C=C\CCCCC. The largest absolute Gasteiger partial charge is 0.462 e. The molecule has 0 bridgehead atoms. The molecule has 0 aromatic rings. The zero-order chi connectivity index (χ0) is 52.9. The molecule has 0 radical (unpaired) electrons. The fourth-order valence-electron chi connectivity index (χ4n) is 7.83. The van der Waals surface area contributed by atoms with Crippen LogP contribution in [0.3, 0.4) is 0 Å². The van der Waals surface area contributed by atoms with Gasteiger partial charge in [0, 0.05) is 19.3 Å². The summed E-state index contributed by atoms with van der Waals surface area (Å²) in [4.78, 5) is 38.3. The van der Waals surface area contributed by atoms with Crippen molar-refractivity contribution in [3.8, 4) is 0 Å². The van der Waals surface area contributed by atoms with Crippen LogP contribution in [0.2, 0.25) is 0 Å². The van der Waals surface area contributed by atoms with E-state index in [4.69, 9.17) is 14.2 Å². The van der Waals surface area contributed by atoms with Crippen LogP contribution in [0, 0.1) is 0 Å². The molecule has 73 heavy (non-hydrogen) atoms. The van der Waals surface area contributed by atoms with Gasteiger partial charge in [0.2, 0.25) is 0 Å². The van der Waals surface area contributed by atoms with E-state index in [1.54, 1.807) is 0 Å². The fraction of sp³-hybridized carbons (Fsp3) is 0.627. The van der Waals surface area contributed by atoms with Crippen LogP contribution in [0.25, 0.3) is 0 Å². The molecule has 0 aliphatic rings. The first kappa shape index (κ1) is 68.6. The molecule has 0 saturated heterocycles. The number of ether oxygens (including phenoxy) is 3. The van der Waals surface area contributed by atoms with Gasteiger partial charge in [-0.25, -0.2) is 0 Å². The zero-order valence-electron chi connectivity index (χ0n) is 47.1. The maximum atomic E-state index is 12.9. The summed E-state index contributed by atoms with van der Waals surface area (Å²) in [7, 11) is 0. The second-order valence-electron chi connectivity index (χ2n) is 19.3. The summed E-state index contributed by atoms with van der Waals surface area (Å²) in [5.74, 6) is -0.956. The van der Waals surface area contributed by atoms with Gasteiger partial charge in [0.15, 0.2) is 6.10 Å². The van der Waals surface area contributed by atoms with Gasteiger partial charge in [-0.15, -0.1) is 0 Å². The lowest BCUT2D eigenvalue weighted by Gasteiger charge is -2.18. The maximum absolute atomic E-state index is 12.9. The molecule has 6 heteroatoms. The molecule has 0 heterocycles. The topological polar surface area (TPSA) is 78.9 Å². The Morgan fingerprint density at radius 3 is 0.959 bits per heavy atom. The van der Waals surface area contributed by atoms with Crippen LogP contribution in [0.5, 0.6) is 0 Å². The lowest BCUT2D eigenvalue weighted by Crippen LogP contribution is -2.30. The van der Waals surface area contributed by atoms with Crippen molar-refractivity contribution in [2.24, 2.45) is 0 Å². The second-order valence-corrected chi connectivity index (χ2v) is 19.3. The summed E-state index contributed by atoms with van der Waals surface area (Å²) < 4.78 is 16.9. The molecule has 0 rings (SSSR count). The van der Waals surface area contributed by atoms with Crippen molar-refractivity contribution in [1.82, 2.24) is 0 Å². The van der Waals surface area contributed by atoms with Crippen LogP contribution in [0.1, 0.15) is 252 Å². The molecule has 1 atom stereocenters. The molecule has 0 aromatic carbocycles.